The van der Waals surface area contributed by atoms with Gasteiger partial charge in [-0.3, -0.25) is 9.79 Å². The molecule has 2 aliphatic heterocycles. The molecule has 30 heavy (non-hydrogen) atoms. The molecule has 0 spiro atoms. The van der Waals surface area contributed by atoms with Gasteiger partial charge in [-0.05, 0) is 31.4 Å². The van der Waals surface area contributed by atoms with E-state index in [-0.39, 0.29) is 36.0 Å². The molecule has 1 aromatic heterocycles. The Kier molecular flexibility index (Phi) is 8.70. The van der Waals surface area contributed by atoms with Gasteiger partial charge in [0.1, 0.15) is 6.10 Å². The number of nitrogens with one attached hydrogen (secondary N) is 1. The van der Waals surface area contributed by atoms with Crippen LogP contribution >= 0.6 is 35.3 Å². The van der Waals surface area contributed by atoms with Crippen molar-refractivity contribution in [1.29, 1.82) is 0 Å². The number of fused-ring (bicyclic) bond motifs is 1. The van der Waals surface area contributed by atoms with Crippen molar-refractivity contribution in [2.75, 3.05) is 46.4 Å². The van der Waals surface area contributed by atoms with Crippen LogP contribution in [0.2, 0.25) is 0 Å². The Morgan fingerprint density at radius 1 is 1.27 bits per heavy atom. The summed E-state index contributed by atoms with van der Waals surface area (Å²) in [4.78, 5) is 25.8. The summed E-state index contributed by atoms with van der Waals surface area (Å²) < 4.78 is 6.79. The van der Waals surface area contributed by atoms with Crippen molar-refractivity contribution < 1.29 is 9.53 Å². The van der Waals surface area contributed by atoms with Gasteiger partial charge in [-0.1, -0.05) is 12.1 Å². The molecule has 1 aromatic carbocycles. The Bertz CT molecular complexity index is 827. The number of aliphatic imine (C=N–C) groups is 1. The normalized spacial score (nSPS) is 19.8. The summed E-state index contributed by atoms with van der Waals surface area (Å²) in [7, 11) is 1.82. The number of rotatable bonds is 5. The molecule has 0 saturated carbocycles. The summed E-state index contributed by atoms with van der Waals surface area (Å²) in [5, 5.41) is 4.65. The molecule has 2 saturated heterocycles. The fraction of sp³-hybridized carbons (Fsp3) is 0.571. The van der Waals surface area contributed by atoms with E-state index in [9.17, 15) is 4.79 Å². The van der Waals surface area contributed by atoms with Gasteiger partial charge in [0, 0.05) is 52.8 Å². The highest BCUT2D eigenvalue weighted by atomic mass is 127. The molecule has 0 bridgehead atoms. The lowest BCUT2D eigenvalue weighted by molar-refractivity contribution is -0.142. The Hall–Kier alpha value is -1.46. The number of nitrogens with zero attached hydrogens (tertiary/aromatic N) is 4. The van der Waals surface area contributed by atoms with Crippen molar-refractivity contribution in [2.45, 2.75) is 31.8 Å². The maximum Gasteiger partial charge on any atom is 0.251 e. The molecule has 1 N–H and O–H groups in total. The third kappa shape index (κ3) is 5.61. The second-order valence-corrected chi connectivity index (χ2v) is 8.58. The number of para-hydroxylation sites is 1. The molecule has 164 valence electrons. The van der Waals surface area contributed by atoms with Crippen molar-refractivity contribution in [2.24, 2.45) is 4.99 Å². The van der Waals surface area contributed by atoms with Crippen LogP contribution in [0.25, 0.3) is 10.2 Å². The van der Waals surface area contributed by atoms with Gasteiger partial charge in [0.05, 0.1) is 15.2 Å². The lowest BCUT2D eigenvalue weighted by Gasteiger charge is -2.37. The molecule has 7 nitrogen and oxygen atoms in total. The summed E-state index contributed by atoms with van der Waals surface area (Å²) in [5.74, 6) is 1.07. The number of aromatic nitrogens is 1. The summed E-state index contributed by atoms with van der Waals surface area (Å²) >= 11 is 1.78. The predicted octanol–water partition coefficient (Wildman–Crippen LogP) is 2.75. The van der Waals surface area contributed by atoms with E-state index < -0.39 is 0 Å². The second kappa shape index (κ2) is 11.2. The van der Waals surface area contributed by atoms with E-state index in [2.05, 4.69) is 33.4 Å². The maximum absolute atomic E-state index is 12.5. The Morgan fingerprint density at radius 2 is 2.03 bits per heavy atom. The fourth-order valence-corrected chi connectivity index (χ4v) is 4.92. The number of carbonyl (C=O) groups excluding carboxylic acids is 1. The highest BCUT2D eigenvalue weighted by Crippen LogP contribution is 2.22. The van der Waals surface area contributed by atoms with Crippen molar-refractivity contribution in [3.8, 4) is 0 Å². The molecule has 1 unspecified atom stereocenters. The topological polar surface area (TPSA) is 70.1 Å². The SMILES string of the molecule is CN=C(NCCCc1nc2ccccc2s1)N1CCN(C(=O)C2CCCO2)CC1.I. The number of aryl methyl sites for hydroxylation is 1. The van der Waals surface area contributed by atoms with Gasteiger partial charge in [-0.2, -0.15) is 0 Å². The number of hydrogen-bond acceptors (Lipinski definition) is 5. The second-order valence-electron chi connectivity index (χ2n) is 7.47. The number of amides is 1. The van der Waals surface area contributed by atoms with E-state index in [0.29, 0.717) is 6.61 Å². The number of carbonyl (C=O) groups is 1. The van der Waals surface area contributed by atoms with Gasteiger partial charge >= 0.3 is 0 Å². The standard InChI is InChI=1S/C21H29N5O2S.HI/c1-22-21(23-10-4-9-19-24-16-6-2-3-8-18(16)29-19)26-13-11-25(12-14-26)20(27)17-7-5-15-28-17;/h2-3,6,8,17H,4-5,7,9-15H2,1H3,(H,22,23);1H. The zero-order valence-corrected chi connectivity index (χ0v) is 20.5. The molecule has 9 heteroatoms. The monoisotopic (exact) mass is 543 g/mol. The summed E-state index contributed by atoms with van der Waals surface area (Å²) in [6.07, 6.45) is 3.60. The Morgan fingerprint density at radius 3 is 2.73 bits per heavy atom. The van der Waals surface area contributed by atoms with Crippen LogP contribution in [0.1, 0.15) is 24.3 Å². The number of thiazole rings is 1. The van der Waals surface area contributed by atoms with E-state index in [0.717, 1.165) is 69.9 Å². The fourth-order valence-electron chi connectivity index (χ4n) is 3.91. The van der Waals surface area contributed by atoms with Gasteiger partial charge in [0.25, 0.3) is 5.91 Å². The molecular formula is C21H30IN5O2S. The molecule has 0 aliphatic carbocycles. The largest absolute Gasteiger partial charge is 0.368 e. The number of hydrogen-bond donors (Lipinski definition) is 1. The molecule has 1 amide bonds. The molecular weight excluding hydrogens is 513 g/mol. The molecule has 2 aliphatic rings. The third-order valence-electron chi connectivity index (χ3n) is 5.50. The summed E-state index contributed by atoms with van der Waals surface area (Å²) in [5.41, 5.74) is 1.09. The van der Waals surface area contributed by atoms with Crippen LogP contribution in [-0.4, -0.2) is 79.1 Å². The first-order chi connectivity index (χ1) is 14.2. The highest BCUT2D eigenvalue weighted by molar-refractivity contribution is 14.0. The van der Waals surface area contributed by atoms with Crippen LogP contribution in [0.4, 0.5) is 0 Å². The summed E-state index contributed by atoms with van der Waals surface area (Å²) in [6.45, 7) is 4.63. The maximum atomic E-state index is 12.5. The van der Waals surface area contributed by atoms with Crippen LogP contribution < -0.4 is 5.32 Å². The van der Waals surface area contributed by atoms with Gasteiger partial charge in [0.15, 0.2) is 5.96 Å². The Labute approximate surface area is 198 Å². The van der Waals surface area contributed by atoms with Gasteiger partial charge in [-0.25, -0.2) is 4.98 Å². The average Bonchev–Trinajstić information content (AvgIpc) is 3.43. The number of ether oxygens (including phenoxy) is 1. The minimum absolute atomic E-state index is 0. The van der Waals surface area contributed by atoms with Crippen molar-refractivity contribution >= 4 is 57.4 Å². The zero-order chi connectivity index (χ0) is 20.1. The number of halogens is 1. The van der Waals surface area contributed by atoms with Crippen LogP contribution in [0.15, 0.2) is 29.3 Å². The number of piperazine rings is 1. The lowest BCUT2D eigenvalue weighted by Crippen LogP contribution is -2.55. The van der Waals surface area contributed by atoms with Gasteiger partial charge < -0.3 is 19.9 Å². The number of guanidine groups is 1. The molecule has 3 heterocycles. The van der Waals surface area contributed by atoms with E-state index in [1.165, 1.54) is 9.71 Å². The zero-order valence-electron chi connectivity index (χ0n) is 17.4. The van der Waals surface area contributed by atoms with Crippen LogP contribution in [0.3, 0.4) is 0 Å². The van der Waals surface area contributed by atoms with Crippen LogP contribution in [-0.2, 0) is 16.0 Å². The minimum Gasteiger partial charge on any atom is -0.368 e. The molecule has 4 rings (SSSR count). The smallest absolute Gasteiger partial charge is 0.251 e. The van der Waals surface area contributed by atoms with Crippen LogP contribution in [0, 0.1) is 0 Å². The summed E-state index contributed by atoms with van der Waals surface area (Å²) in [6, 6.07) is 8.29. The first-order valence-corrected chi connectivity index (χ1v) is 11.3. The first-order valence-electron chi connectivity index (χ1n) is 10.4. The quantitative estimate of drug-likeness (QED) is 0.272. The van der Waals surface area contributed by atoms with E-state index in [1.54, 1.807) is 11.3 Å². The lowest BCUT2D eigenvalue weighted by atomic mass is 10.2. The van der Waals surface area contributed by atoms with E-state index in [4.69, 9.17) is 9.72 Å². The van der Waals surface area contributed by atoms with E-state index in [1.807, 2.05) is 18.0 Å². The third-order valence-corrected chi connectivity index (χ3v) is 6.59. The Balaban J connectivity index is 0.00000256. The van der Waals surface area contributed by atoms with E-state index >= 15 is 0 Å². The number of benzene rings is 1. The van der Waals surface area contributed by atoms with Crippen LogP contribution in [0.5, 0.6) is 0 Å². The molecule has 2 aromatic rings. The van der Waals surface area contributed by atoms with Gasteiger partial charge in [0.2, 0.25) is 0 Å². The minimum atomic E-state index is -0.221. The van der Waals surface area contributed by atoms with Crippen molar-refractivity contribution in [3.63, 3.8) is 0 Å². The average molecular weight is 543 g/mol. The van der Waals surface area contributed by atoms with Crippen molar-refractivity contribution in [1.82, 2.24) is 20.1 Å². The van der Waals surface area contributed by atoms with Crippen molar-refractivity contribution in [3.05, 3.63) is 29.3 Å². The molecule has 0 radical (unpaired) electrons. The molecule has 1 atom stereocenters. The predicted molar refractivity (Wildman–Crippen MR) is 132 cm³/mol. The van der Waals surface area contributed by atoms with Gasteiger partial charge in [-0.15, -0.1) is 35.3 Å². The molecule has 2 fully saturated rings. The first kappa shape index (κ1) is 23.2. The highest BCUT2D eigenvalue weighted by Gasteiger charge is 2.30.